The van der Waals surface area contributed by atoms with Crippen LogP contribution in [0.4, 0.5) is 5.69 Å². The lowest BCUT2D eigenvalue weighted by molar-refractivity contribution is -0.137. The molecule has 3 aliphatic rings. The van der Waals surface area contributed by atoms with Crippen molar-refractivity contribution in [2.75, 3.05) is 11.9 Å². The van der Waals surface area contributed by atoms with E-state index < -0.39 is 5.41 Å². The quantitative estimate of drug-likeness (QED) is 0.924. The predicted molar refractivity (Wildman–Crippen MR) is 93.7 cm³/mol. The second-order valence-electron chi connectivity index (χ2n) is 7.54. The number of likely N-dealkylation sites (tertiary alicyclic amines) is 1. The number of amides is 2. The molecule has 2 aliphatic heterocycles. The van der Waals surface area contributed by atoms with Crippen LogP contribution in [0.2, 0.25) is 0 Å². The van der Waals surface area contributed by atoms with Gasteiger partial charge in [0.25, 0.3) is 0 Å². The first-order chi connectivity index (χ1) is 11.7. The van der Waals surface area contributed by atoms with Crippen molar-refractivity contribution in [2.45, 2.75) is 63.3 Å². The summed E-state index contributed by atoms with van der Waals surface area (Å²) in [5.41, 5.74) is 1.48. The van der Waals surface area contributed by atoms with E-state index in [1.807, 2.05) is 18.2 Å². The Morgan fingerprint density at radius 3 is 2.79 bits per heavy atom. The van der Waals surface area contributed by atoms with Crippen LogP contribution >= 0.6 is 0 Å². The van der Waals surface area contributed by atoms with Gasteiger partial charge in [0.2, 0.25) is 11.8 Å². The molecule has 0 radical (unpaired) electrons. The Kier molecular flexibility index (Phi) is 3.86. The largest absolute Gasteiger partial charge is 0.338 e. The molecule has 0 bridgehead atoms. The minimum Gasteiger partial charge on any atom is -0.338 e. The molecule has 0 aromatic heterocycles. The molecular formula is C20H26N2O2. The van der Waals surface area contributed by atoms with Crippen molar-refractivity contribution >= 4 is 17.5 Å². The van der Waals surface area contributed by atoms with Crippen LogP contribution in [0.5, 0.6) is 0 Å². The number of carbonyl (C=O) groups excluding carboxylic acids is 2. The summed E-state index contributed by atoms with van der Waals surface area (Å²) >= 11 is 0. The molecule has 0 unspecified atom stereocenters. The van der Waals surface area contributed by atoms with E-state index in [0.29, 0.717) is 12.5 Å². The highest BCUT2D eigenvalue weighted by atomic mass is 16.2. The van der Waals surface area contributed by atoms with Crippen molar-refractivity contribution in [1.29, 1.82) is 0 Å². The van der Waals surface area contributed by atoms with Gasteiger partial charge in [0.15, 0.2) is 0 Å². The van der Waals surface area contributed by atoms with Crippen LogP contribution < -0.4 is 5.32 Å². The van der Waals surface area contributed by atoms with Gasteiger partial charge in [0, 0.05) is 18.2 Å². The maximum absolute atomic E-state index is 13.1. The molecule has 2 fully saturated rings. The molecule has 128 valence electrons. The van der Waals surface area contributed by atoms with Gasteiger partial charge in [-0.05, 0) is 37.3 Å². The smallest absolute Gasteiger partial charge is 0.237 e. The minimum atomic E-state index is -0.541. The molecular weight excluding hydrogens is 300 g/mol. The second-order valence-corrected chi connectivity index (χ2v) is 7.54. The van der Waals surface area contributed by atoms with Crippen molar-refractivity contribution in [1.82, 2.24) is 4.90 Å². The Morgan fingerprint density at radius 1 is 1.29 bits per heavy atom. The van der Waals surface area contributed by atoms with Crippen LogP contribution in [-0.2, 0) is 15.0 Å². The minimum absolute atomic E-state index is 0.000694. The fraction of sp³-hybridized carbons (Fsp3) is 0.600. The summed E-state index contributed by atoms with van der Waals surface area (Å²) in [7, 11) is 0. The van der Waals surface area contributed by atoms with Gasteiger partial charge in [0.1, 0.15) is 0 Å². The monoisotopic (exact) mass is 326 g/mol. The average Bonchev–Trinajstić information content (AvgIpc) is 3.29. The van der Waals surface area contributed by atoms with Gasteiger partial charge in [-0.1, -0.05) is 44.4 Å². The van der Waals surface area contributed by atoms with Crippen LogP contribution in [0, 0.1) is 5.92 Å². The number of anilines is 1. The fourth-order valence-corrected chi connectivity index (χ4v) is 5.15. The molecule has 2 amide bonds. The van der Waals surface area contributed by atoms with E-state index >= 15 is 0 Å². The van der Waals surface area contributed by atoms with E-state index in [9.17, 15) is 9.59 Å². The molecule has 1 saturated carbocycles. The van der Waals surface area contributed by atoms with Gasteiger partial charge in [0.05, 0.1) is 11.5 Å². The zero-order chi connectivity index (χ0) is 16.7. The van der Waals surface area contributed by atoms with E-state index in [-0.39, 0.29) is 17.9 Å². The highest BCUT2D eigenvalue weighted by molar-refractivity contribution is 6.07. The molecule has 24 heavy (non-hydrogen) atoms. The standard InChI is InChI=1S/C20H26N2O2/c1-2-7-17-20(15-10-5-6-11-16(15)21-19(20)24)12-13-22(17)18(23)14-8-3-4-9-14/h5-6,10-11,14,17H,2-4,7-9,12-13H2,1H3,(H,21,24)/t17-,20-/m0/s1. The number of hydrogen-bond donors (Lipinski definition) is 1. The van der Waals surface area contributed by atoms with E-state index in [1.54, 1.807) is 0 Å². The third-order valence-corrected chi connectivity index (χ3v) is 6.30. The van der Waals surface area contributed by atoms with E-state index in [1.165, 1.54) is 0 Å². The van der Waals surface area contributed by atoms with Gasteiger partial charge in [-0.2, -0.15) is 0 Å². The normalized spacial score (nSPS) is 29.3. The molecule has 2 heterocycles. The lowest BCUT2D eigenvalue weighted by Gasteiger charge is -2.35. The number of hydrogen-bond acceptors (Lipinski definition) is 2. The summed E-state index contributed by atoms with van der Waals surface area (Å²) < 4.78 is 0. The molecule has 2 atom stereocenters. The molecule has 1 saturated heterocycles. The van der Waals surface area contributed by atoms with Crippen molar-refractivity contribution < 1.29 is 9.59 Å². The van der Waals surface area contributed by atoms with Crippen LogP contribution in [0.3, 0.4) is 0 Å². The number of nitrogens with zero attached hydrogens (tertiary/aromatic N) is 1. The summed E-state index contributed by atoms with van der Waals surface area (Å²) in [5.74, 6) is 0.558. The number of rotatable bonds is 3. The van der Waals surface area contributed by atoms with Gasteiger partial charge < -0.3 is 10.2 Å². The Labute approximate surface area is 143 Å². The average molecular weight is 326 g/mol. The molecule has 4 rings (SSSR count). The molecule has 1 aromatic carbocycles. The summed E-state index contributed by atoms with van der Waals surface area (Å²) in [4.78, 5) is 28.1. The summed E-state index contributed by atoms with van der Waals surface area (Å²) in [6.45, 7) is 2.85. The van der Waals surface area contributed by atoms with Crippen LogP contribution in [0.15, 0.2) is 24.3 Å². The maximum Gasteiger partial charge on any atom is 0.237 e. The molecule has 1 aliphatic carbocycles. The number of fused-ring (bicyclic) bond motifs is 2. The number of benzene rings is 1. The van der Waals surface area contributed by atoms with E-state index in [0.717, 1.165) is 56.2 Å². The lowest BCUT2D eigenvalue weighted by Crippen LogP contribution is -2.49. The third kappa shape index (κ3) is 2.11. The third-order valence-electron chi connectivity index (χ3n) is 6.30. The first-order valence-electron chi connectivity index (χ1n) is 9.40. The van der Waals surface area contributed by atoms with Crippen molar-refractivity contribution in [3.05, 3.63) is 29.8 Å². The molecule has 1 aromatic rings. The summed E-state index contributed by atoms with van der Waals surface area (Å²) in [6, 6.07) is 8.01. The Morgan fingerprint density at radius 2 is 2.04 bits per heavy atom. The Bertz CT molecular complexity index is 665. The van der Waals surface area contributed by atoms with E-state index in [2.05, 4.69) is 23.2 Å². The van der Waals surface area contributed by atoms with E-state index in [4.69, 9.17) is 0 Å². The van der Waals surface area contributed by atoms with Gasteiger partial charge in [-0.3, -0.25) is 9.59 Å². The molecule has 4 heteroatoms. The van der Waals surface area contributed by atoms with Crippen LogP contribution in [0.1, 0.15) is 57.4 Å². The van der Waals surface area contributed by atoms with Gasteiger partial charge in [-0.25, -0.2) is 0 Å². The molecule has 1 N–H and O–H groups in total. The van der Waals surface area contributed by atoms with Crippen molar-refractivity contribution in [2.24, 2.45) is 5.92 Å². The number of para-hydroxylation sites is 1. The summed E-state index contributed by atoms with van der Waals surface area (Å²) in [5, 5.41) is 3.07. The maximum atomic E-state index is 13.1. The topological polar surface area (TPSA) is 49.4 Å². The first-order valence-corrected chi connectivity index (χ1v) is 9.40. The highest BCUT2D eigenvalue weighted by Crippen LogP contribution is 2.50. The zero-order valence-corrected chi connectivity index (χ0v) is 14.4. The highest BCUT2D eigenvalue weighted by Gasteiger charge is 2.58. The zero-order valence-electron chi connectivity index (χ0n) is 14.4. The van der Waals surface area contributed by atoms with Crippen molar-refractivity contribution in [3.63, 3.8) is 0 Å². The van der Waals surface area contributed by atoms with Crippen LogP contribution in [-0.4, -0.2) is 29.3 Å². The lowest BCUT2D eigenvalue weighted by atomic mass is 9.73. The molecule has 4 nitrogen and oxygen atoms in total. The second kappa shape index (κ2) is 5.91. The molecule has 1 spiro atoms. The Hall–Kier alpha value is -1.84. The first kappa shape index (κ1) is 15.7. The number of carbonyl (C=O) groups is 2. The van der Waals surface area contributed by atoms with Gasteiger partial charge in [-0.15, -0.1) is 0 Å². The summed E-state index contributed by atoms with van der Waals surface area (Å²) in [6.07, 6.45) is 6.98. The fourth-order valence-electron chi connectivity index (χ4n) is 5.15. The van der Waals surface area contributed by atoms with Crippen LogP contribution in [0.25, 0.3) is 0 Å². The predicted octanol–water partition coefficient (Wildman–Crippen LogP) is 3.47. The SMILES string of the molecule is CCC[C@@H]1N(C(=O)C2CCCC2)CC[C@@]12C(=O)Nc1ccccc12. The Balaban J connectivity index is 1.71. The number of nitrogens with one attached hydrogen (secondary N) is 1. The van der Waals surface area contributed by atoms with Gasteiger partial charge >= 0.3 is 0 Å². The van der Waals surface area contributed by atoms with Crippen molar-refractivity contribution in [3.8, 4) is 0 Å².